The number of methoxy groups -OCH3 is 1. The molecule has 1 aromatic rings. The zero-order valence-corrected chi connectivity index (χ0v) is 20.0. The number of halogens is 1. The highest BCUT2D eigenvalue weighted by Crippen LogP contribution is 2.11. The molecule has 0 unspecified atom stereocenters. The number of rotatable bonds is 13. The summed E-state index contributed by atoms with van der Waals surface area (Å²) in [7, 11) is -1.55. The molecular weight excluding hydrogens is 495 g/mol. The minimum Gasteiger partial charge on any atom is -0.497 e. The van der Waals surface area contributed by atoms with Crippen molar-refractivity contribution in [2.24, 2.45) is 4.99 Å². The molecule has 0 aliphatic rings. The normalized spacial score (nSPS) is 11.6. The van der Waals surface area contributed by atoms with Crippen LogP contribution in [0.1, 0.15) is 25.8 Å². The molecule has 1 rings (SSSR count). The second kappa shape index (κ2) is 15.8. The molecule has 0 spiro atoms. The molecule has 8 nitrogen and oxygen atoms in total. The average Bonchev–Trinajstić information content (AvgIpc) is 2.68. The first-order valence-corrected chi connectivity index (χ1v) is 10.9. The number of aliphatic imine (C=N–C) groups is 1. The van der Waals surface area contributed by atoms with Crippen LogP contribution in [-0.2, 0) is 21.3 Å². The van der Waals surface area contributed by atoms with Gasteiger partial charge in [0.2, 0.25) is 10.0 Å². The summed E-state index contributed by atoms with van der Waals surface area (Å²) in [5, 5.41) is 6.39. The summed E-state index contributed by atoms with van der Waals surface area (Å²) in [6.45, 7) is 6.93. The first-order valence-electron chi connectivity index (χ1n) is 9.21. The molecule has 0 amide bonds. The van der Waals surface area contributed by atoms with Crippen molar-refractivity contribution >= 4 is 40.0 Å². The van der Waals surface area contributed by atoms with Crippen molar-refractivity contribution in [1.29, 1.82) is 0 Å². The summed E-state index contributed by atoms with van der Waals surface area (Å²) in [6.07, 6.45) is 0.861. The largest absolute Gasteiger partial charge is 0.497 e. The number of hydrogen-bond donors (Lipinski definition) is 3. The molecule has 3 N–H and O–H groups in total. The Balaban J connectivity index is 0.00000729. The number of nitrogens with zero attached hydrogens (tertiary/aromatic N) is 1. The zero-order valence-electron chi connectivity index (χ0n) is 16.9. The van der Waals surface area contributed by atoms with E-state index in [0.29, 0.717) is 38.8 Å². The minimum atomic E-state index is -3.19. The van der Waals surface area contributed by atoms with Crippen LogP contribution in [0.25, 0.3) is 0 Å². The van der Waals surface area contributed by atoms with E-state index in [0.717, 1.165) is 24.3 Å². The molecule has 0 heterocycles. The predicted octanol–water partition coefficient (Wildman–Crippen LogP) is 1.71. The summed E-state index contributed by atoms with van der Waals surface area (Å²) >= 11 is 0. The quantitative estimate of drug-likeness (QED) is 0.156. The topological polar surface area (TPSA) is 101 Å². The van der Waals surface area contributed by atoms with Gasteiger partial charge in [0.15, 0.2) is 5.96 Å². The van der Waals surface area contributed by atoms with Crippen LogP contribution in [-0.4, -0.2) is 60.1 Å². The fourth-order valence-electron chi connectivity index (χ4n) is 2.09. The molecule has 0 aromatic heterocycles. The van der Waals surface area contributed by atoms with Crippen molar-refractivity contribution in [2.45, 2.75) is 26.8 Å². The van der Waals surface area contributed by atoms with Gasteiger partial charge in [0.05, 0.1) is 19.4 Å². The van der Waals surface area contributed by atoms with Gasteiger partial charge in [-0.05, 0) is 38.0 Å². The summed E-state index contributed by atoms with van der Waals surface area (Å²) in [5.74, 6) is 1.51. The lowest BCUT2D eigenvalue weighted by molar-refractivity contribution is 0.145. The van der Waals surface area contributed by atoms with E-state index in [9.17, 15) is 8.42 Å². The van der Waals surface area contributed by atoms with Gasteiger partial charge in [-0.15, -0.1) is 24.0 Å². The lowest BCUT2D eigenvalue weighted by Crippen LogP contribution is -2.42. The Morgan fingerprint density at radius 3 is 2.36 bits per heavy atom. The molecule has 162 valence electrons. The van der Waals surface area contributed by atoms with E-state index in [1.807, 2.05) is 31.2 Å². The Kier molecular flexibility index (Phi) is 15.1. The van der Waals surface area contributed by atoms with Crippen molar-refractivity contribution in [3.05, 3.63) is 29.8 Å². The molecule has 1 aromatic carbocycles. The van der Waals surface area contributed by atoms with Crippen LogP contribution in [0.4, 0.5) is 0 Å². The molecule has 0 aliphatic heterocycles. The molecule has 0 fully saturated rings. The molecule has 0 bridgehead atoms. The molecule has 28 heavy (non-hydrogen) atoms. The number of hydrogen-bond acceptors (Lipinski definition) is 5. The zero-order chi connectivity index (χ0) is 20.0. The van der Waals surface area contributed by atoms with E-state index in [1.54, 1.807) is 14.0 Å². The first-order chi connectivity index (χ1) is 13.0. The third-order valence-electron chi connectivity index (χ3n) is 3.66. The molecule has 0 saturated carbocycles. The molecule has 0 saturated heterocycles. The highest BCUT2D eigenvalue weighted by Gasteiger charge is 2.05. The van der Waals surface area contributed by atoms with Gasteiger partial charge in [0.25, 0.3) is 0 Å². The van der Waals surface area contributed by atoms with Crippen molar-refractivity contribution < 1.29 is 17.9 Å². The van der Waals surface area contributed by atoms with E-state index in [4.69, 9.17) is 9.47 Å². The third-order valence-corrected chi connectivity index (χ3v) is 5.06. The predicted molar refractivity (Wildman–Crippen MR) is 124 cm³/mol. The van der Waals surface area contributed by atoms with Gasteiger partial charge in [-0.1, -0.05) is 12.1 Å². The van der Waals surface area contributed by atoms with Crippen LogP contribution >= 0.6 is 24.0 Å². The first kappa shape index (κ1) is 26.9. The summed E-state index contributed by atoms with van der Waals surface area (Å²) < 4.78 is 35.9. The molecular formula is C18H33IN4O4S. The van der Waals surface area contributed by atoms with Crippen molar-refractivity contribution in [3.63, 3.8) is 0 Å². The molecule has 10 heteroatoms. The highest BCUT2D eigenvalue weighted by atomic mass is 127. The Morgan fingerprint density at radius 2 is 1.75 bits per heavy atom. The number of guanidine groups is 1. The molecule has 0 radical (unpaired) electrons. The van der Waals surface area contributed by atoms with Gasteiger partial charge < -0.3 is 20.1 Å². The van der Waals surface area contributed by atoms with Crippen molar-refractivity contribution in [3.8, 4) is 5.75 Å². The SMILES string of the molecule is CCOCCCNC(=NCc1ccc(OC)cc1)NCCNS(=O)(=O)CC.I. The standard InChI is InChI=1S/C18H32N4O4S.HI/c1-4-26-14-6-11-19-18(20-12-13-22-27(23,24)5-2)21-15-16-7-9-17(25-3)10-8-16;/h7-10,22H,4-6,11-15H2,1-3H3,(H2,19,20,21);1H. The average molecular weight is 528 g/mol. The van der Waals surface area contributed by atoms with E-state index in [2.05, 4.69) is 20.3 Å². The van der Waals surface area contributed by atoms with E-state index < -0.39 is 10.0 Å². The number of sulfonamides is 1. The van der Waals surface area contributed by atoms with Crippen molar-refractivity contribution in [2.75, 3.05) is 45.7 Å². The second-order valence-electron chi connectivity index (χ2n) is 5.71. The van der Waals surface area contributed by atoms with Gasteiger partial charge in [-0.25, -0.2) is 18.1 Å². The van der Waals surface area contributed by atoms with Gasteiger partial charge in [-0.2, -0.15) is 0 Å². The monoisotopic (exact) mass is 528 g/mol. The van der Waals surface area contributed by atoms with Gasteiger partial charge in [-0.3, -0.25) is 0 Å². The smallest absolute Gasteiger partial charge is 0.211 e. The van der Waals surface area contributed by atoms with Crippen molar-refractivity contribution in [1.82, 2.24) is 15.4 Å². The van der Waals surface area contributed by atoms with E-state index >= 15 is 0 Å². The van der Waals surface area contributed by atoms with Crippen LogP contribution in [0.15, 0.2) is 29.3 Å². The lowest BCUT2D eigenvalue weighted by Gasteiger charge is -2.13. The molecule has 0 atom stereocenters. The molecule has 0 aliphatic carbocycles. The van der Waals surface area contributed by atoms with Gasteiger partial charge in [0, 0.05) is 32.8 Å². The van der Waals surface area contributed by atoms with Crippen LogP contribution in [0.3, 0.4) is 0 Å². The maximum Gasteiger partial charge on any atom is 0.211 e. The summed E-state index contributed by atoms with van der Waals surface area (Å²) in [6, 6.07) is 7.72. The summed E-state index contributed by atoms with van der Waals surface area (Å²) in [5.41, 5.74) is 1.05. The number of ether oxygens (including phenoxy) is 2. The number of nitrogens with one attached hydrogen (secondary N) is 3. The third kappa shape index (κ3) is 12.4. The Labute approximate surface area is 185 Å². The summed E-state index contributed by atoms with van der Waals surface area (Å²) in [4.78, 5) is 4.56. The number of benzene rings is 1. The highest BCUT2D eigenvalue weighted by molar-refractivity contribution is 14.0. The maximum absolute atomic E-state index is 11.5. The fraction of sp³-hybridized carbons (Fsp3) is 0.611. The van der Waals surface area contributed by atoms with Crippen LogP contribution in [0.2, 0.25) is 0 Å². The lowest BCUT2D eigenvalue weighted by atomic mass is 10.2. The second-order valence-corrected chi connectivity index (χ2v) is 7.81. The Morgan fingerprint density at radius 1 is 1.07 bits per heavy atom. The van der Waals surface area contributed by atoms with E-state index in [1.165, 1.54) is 0 Å². The van der Waals surface area contributed by atoms with Crippen LogP contribution in [0, 0.1) is 0 Å². The van der Waals surface area contributed by atoms with Gasteiger partial charge in [0.1, 0.15) is 5.75 Å². The fourth-order valence-corrected chi connectivity index (χ4v) is 2.71. The van der Waals surface area contributed by atoms with Crippen LogP contribution in [0.5, 0.6) is 5.75 Å². The van der Waals surface area contributed by atoms with Crippen LogP contribution < -0.4 is 20.1 Å². The maximum atomic E-state index is 11.5. The van der Waals surface area contributed by atoms with Gasteiger partial charge >= 0.3 is 0 Å². The van der Waals surface area contributed by atoms with E-state index in [-0.39, 0.29) is 29.7 Å². The Hall–Kier alpha value is -1.11. The minimum absolute atomic E-state index is 0. The Bertz CT molecular complexity index is 654.